The number of halogens is 1. The van der Waals surface area contributed by atoms with E-state index in [0.29, 0.717) is 30.2 Å². The lowest BCUT2D eigenvalue weighted by Gasteiger charge is -2.28. The Morgan fingerprint density at radius 1 is 1.43 bits per heavy atom. The molecule has 0 aliphatic carbocycles. The van der Waals surface area contributed by atoms with Gasteiger partial charge in [-0.1, -0.05) is 23.7 Å². The molecular weight excluding hydrogens is 314 g/mol. The highest BCUT2D eigenvalue weighted by Crippen LogP contribution is 2.23. The van der Waals surface area contributed by atoms with Gasteiger partial charge in [0.15, 0.2) is 9.84 Å². The third-order valence-electron chi connectivity index (χ3n) is 3.55. The Hall–Kier alpha value is -1.11. The van der Waals surface area contributed by atoms with Crippen LogP contribution >= 0.6 is 11.6 Å². The SMILES string of the molecule is COCCN(C(=O)c1ccccc1Cl)C1CCS(=O)(=O)C1. The molecule has 1 aromatic rings. The predicted molar refractivity (Wildman–Crippen MR) is 81.4 cm³/mol. The molecule has 1 unspecified atom stereocenters. The van der Waals surface area contributed by atoms with Crippen LogP contribution in [0.1, 0.15) is 16.8 Å². The summed E-state index contributed by atoms with van der Waals surface area (Å²) in [6.07, 6.45) is 0.461. The molecule has 1 heterocycles. The standard InChI is InChI=1S/C14H18ClNO4S/c1-20-8-7-16(11-6-9-21(18,19)10-11)14(17)12-4-2-3-5-13(12)15/h2-5,11H,6-10H2,1H3. The molecule has 1 amide bonds. The molecule has 1 aromatic carbocycles. The van der Waals surface area contributed by atoms with E-state index in [1.165, 1.54) is 0 Å². The molecule has 0 saturated carbocycles. The summed E-state index contributed by atoms with van der Waals surface area (Å²) in [5, 5.41) is 0.366. The highest BCUT2D eigenvalue weighted by atomic mass is 35.5. The van der Waals surface area contributed by atoms with Gasteiger partial charge in [-0.2, -0.15) is 0 Å². The molecule has 0 radical (unpaired) electrons. The highest BCUT2D eigenvalue weighted by molar-refractivity contribution is 7.91. The average molecular weight is 332 g/mol. The van der Waals surface area contributed by atoms with Gasteiger partial charge in [0.25, 0.3) is 5.91 Å². The number of hydrogen-bond donors (Lipinski definition) is 0. The van der Waals surface area contributed by atoms with E-state index < -0.39 is 9.84 Å². The number of carbonyl (C=O) groups excluding carboxylic acids is 1. The van der Waals surface area contributed by atoms with Crippen molar-refractivity contribution in [3.63, 3.8) is 0 Å². The molecule has 1 fully saturated rings. The maximum Gasteiger partial charge on any atom is 0.255 e. The van der Waals surface area contributed by atoms with E-state index in [2.05, 4.69) is 0 Å². The first-order chi connectivity index (χ1) is 9.94. The number of rotatable bonds is 5. The molecule has 21 heavy (non-hydrogen) atoms. The molecule has 0 spiro atoms. The fraction of sp³-hybridized carbons (Fsp3) is 0.500. The van der Waals surface area contributed by atoms with Gasteiger partial charge in [0.1, 0.15) is 0 Å². The van der Waals surface area contributed by atoms with Gasteiger partial charge in [-0.05, 0) is 18.6 Å². The van der Waals surface area contributed by atoms with Crippen molar-refractivity contribution in [1.29, 1.82) is 0 Å². The van der Waals surface area contributed by atoms with Crippen molar-refractivity contribution in [1.82, 2.24) is 4.90 Å². The zero-order valence-electron chi connectivity index (χ0n) is 11.8. The Morgan fingerprint density at radius 3 is 2.71 bits per heavy atom. The number of nitrogens with zero attached hydrogens (tertiary/aromatic N) is 1. The Balaban J connectivity index is 2.24. The minimum Gasteiger partial charge on any atom is -0.383 e. The Kier molecular flexibility index (Phi) is 5.24. The van der Waals surface area contributed by atoms with Crippen LogP contribution in [0.5, 0.6) is 0 Å². The van der Waals surface area contributed by atoms with Crippen molar-refractivity contribution in [2.75, 3.05) is 31.8 Å². The summed E-state index contributed by atoms with van der Waals surface area (Å²) < 4.78 is 28.3. The van der Waals surface area contributed by atoms with E-state index in [9.17, 15) is 13.2 Å². The molecular formula is C14H18ClNO4S. The summed E-state index contributed by atoms with van der Waals surface area (Å²) in [5.41, 5.74) is 0.388. The van der Waals surface area contributed by atoms with Gasteiger partial charge in [0.2, 0.25) is 0 Å². The first-order valence-electron chi connectivity index (χ1n) is 6.69. The number of hydrogen-bond acceptors (Lipinski definition) is 4. The number of amides is 1. The van der Waals surface area contributed by atoms with Crippen LogP contribution in [0.3, 0.4) is 0 Å². The smallest absolute Gasteiger partial charge is 0.255 e. The van der Waals surface area contributed by atoms with Crippen molar-refractivity contribution >= 4 is 27.3 Å². The van der Waals surface area contributed by atoms with Crippen LogP contribution in [-0.2, 0) is 14.6 Å². The summed E-state index contributed by atoms with van der Waals surface area (Å²) in [6.45, 7) is 0.702. The second-order valence-corrected chi connectivity index (χ2v) is 7.66. The van der Waals surface area contributed by atoms with Gasteiger partial charge in [0, 0.05) is 19.7 Å². The van der Waals surface area contributed by atoms with Crippen LogP contribution in [0.4, 0.5) is 0 Å². The lowest BCUT2D eigenvalue weighted by molar-refractivity contribution is 0.0624. The lowest BCUT2D eigenvalue weighted by Crippen LogP contribution is -2.43. The summed E-state index contributed by atoms with van der Waals surface area (Å²) >= 11 is 6.06. The van der Waals surface area contributed by atoms with Crippen LogP contribution in [0.25, 0.3) is 0 Å². The maximum atomic E-state index is 12.7. The van der Waals surface area contributed by atoms with Crippen LogP contribution < -0.4 is 0 Å². The van der Waals surface area contributed by atoms with E-state index in [1.807, 2.05) is 0 Å². The molecule has 1 saturated heterocycles. The van der Waals surface area contributed by atoms with Gasteiger partial charge < -0.3 is 9.64 Å². The molecule has 2 rings (SSSR count). The van der Waals surface area contributed by atoms with E-state index in [0.717, 1.165) is 0 Å². The number of sulfone groups is 1. The van der Waals surface area contributed by atoms with Gasteiger partial charge in [-0.15, -0.1) is 0 Å². The van der Waals surface area contributed by atoms with Crippen LogP contribution in [0.15, 0.2) is 24.3 Å². The number of ether oxygens (including phenoxy) is 1. The highest BCUT2D eigenvalue weighted by Gasteiger charge is 2.35. The zero-order valence-corrected chi connectivity index (χ0v) is 13.4. The van der Waals surface area contributed by atoms with Gasteiger partial charge >= 0.3 is 0 Å². The van der Waals surface area contributed by atoms with Crippen molar-refractivity contribution in [3.05, 3.63) is 34.9 Å². The summed E-state index contributed by atoms with van der Waals surface area (Å²) in [7, 11) is -1.51. The van der Waals surface area contributed by atoms with Gasteiger partial charge in [0.05, 0.1) is 28.7 Å². The molecule has 1 aliphatic heterocycles. The minimum atomic E-state index is -3.06. The fourth-order valence-corrected chi connectivity index (χ4v) is 4.40. The summed E-state index contributed by atoms with van der Waals surface area (Å²) in [6, 6.07) is 6.47. The summed E-state index contributed by atoms with van der Waals surface area (Å²) in [4.78, 5) is 14.2. The normalized spacial score (nSPS) is 20.4. The number of methoxy groups -OCH3 is 1. The molecule has 5 nitrogen and oxygen atoms in total. The Labute approximate surface area is 129 Å². The quantitative estimate of drug-likeness (QED) is 0.822. The van der Waals surface area contributed by atoms with E-state index >= 15 is 0 Å². The molecule has 1 aliphatic rings. The van der Waals surface area contributed by atoms with Gasteiger partial charge in [-0.3, -0.25) is 4.79 Å². The fourth-order valence-electron chi connectivity index (χ4n) is 2.45. The minimum absolute atomic E-state index is 0.00685. The molecule has 7 heteroatoms. The first-order valence-corrected chi connectivity index (χ1v) is 8.89. The lowest BCUT2D eigenvalue weighted by atomic mass is 10.1. The van der Waals surface area contributed by atoms with E-state index in [4.69, 9.17) is 16.3 Å². The van der Waals surface area contributed by atoms with Crippen molar-refractivity contribution in [2.24, 2.45) is 0 Å². The second kappa shape index (κ2) is 6.77. The Bertz CT molecular complexity index is 617. The summed E-state index contributed by atoms with van der Waals surface area (Å²) in [5.74, 6) is -0.121. The third kappa shape index (κ3) is 3.96. The maximum absolute atomic E-state index is 12.7. The zero-order chi connectivity index (χ0) is 15.5. The molecule has 0 bridgehead atoms. The van der Waals surface area contributed by atoms with Crippen LogP contribution in [-0.4, -0.2) is 57.0 Å². The van der Waals surface area contributed by atoms with Crippen LogP contribution in [0.2, 0.25) is 5.02 Å². The Morgan fingerprint density at radius 2 is 2.14 bits per heavy atom. The second-order valence-electron chi connectivity index (χ2n) is 5.03. The van der Waals surface area contributed by atoms with Crippen molar-refractivity contribution in [3.8, 4) is 0 Å². The third-order valence-corrected chi connectivity index (χ3v) is 5.63. The van der Waals surface area contributed by atoms with Crippen molar-refractivity contribution in [2.45, 2.75) is 12.5 Å². The molecule has 0 N–H and O–H groups in total. The van der Waals surface area contributed by atoms with Gasteiger partial charge in [-0.25, -0.2) is 8.42 Å². The van der Waals surface area contributed by atoms with E-state index in [-0.39, 0.29) is 23.5 Å². The predicted octanol–water partition coefficient (Wildman–Crippen LogP) is 1.62. The largest absolute Gasteiger partial charge is 0.383 e. The number of carbonyl (C=O) groups is 1. The molecule has 1 atom stereocenters. The average Bonchev–Trinajstić information content (AvgIpc) is 2.79. The first kappa shape index (κ1) is 16.3. The van der Waals surface area contributed by atoms with Crippen LogP contribution in [0, 0.1) is 0 Å². The van der Waals surface area contributed by atoms with E-state index in [1.54, 1.807) is 36.3 Å². The molecule has 116 valence electrons. The van der Waals surface area contributed by atoms with Crippen molar-refractivity contribution < 1.29 is 17.9 Å². The molecule has 0 aromatic heterocycles. The topological polar surface area (TPSA) is 63.7 Å². The monoisotopic (exact) mass is 331 g/mol. The number of benzene rings is 1.